The SMILES string of the molecule is CC(C)(C)OC(=O)N1C2CCC1CC(C(=O)c1cccc3cccnc13)C2. The third-order valence-corrected chi connectivity index (χ3v) is 5.61. The first-order chi connectivity index (χ1) is 12.8. The highest BCUT2D eigenvalue weighted by atomic mass is 16.6. The van der Waals surface area contributed by atoms with Crippen LogP contribution in [-0.2, 0) is 4.74 Å². The largest absolute Gasteiger partial charge is 0.444 e. The van der Waals surface area contributed by atoms with Crippen LogP contribution in [0.2, 0.25) is 0 Å². The summed E-state index contributed by atoms with van der Waals surface area (Å²) in [6.07, 6.45) is 4.79. The summed E-state index contributed by atoms with van der Waals surface area (Å²) in [7, 11) is 0. The van der Waals surface area contributed by atoms with Crippen LogP contribution in [-0.4, -0.2) is 39.4 Å². The first-order valence-electron chi connectivity index (χ1n) is 9.73. The molecule has 5 nitrogen and oxygen atoms in total. The number of ketones is 1. The summed E-state index contributed by atoms with van der Waals surface area (Å²) in [5, 5.41) is 0.984. The molecule has 2 aromatic rings. The smallest absolute Gasteiger partial charge is 0.410 e. The molecule has 0 spiro atoms. The average molecular weight is 366 g/mol. The molecule has 1 amide bonds. The molecule has 5 heteroatoms. The highest BCUT2D eigenvalue weighted by molar-refractivity contribution is 6.07. The van der Waals surface area contributed by atoms with E-state index >= 15 is 0 Å². The van der Waals surface area contributed by atoms with Crippen LogP contribution >= 0.6 is 0 Å². The Kier molecular flexibility index (Phi) is 4.41. The minimum atomic E-state index is -0.502. The van der Waals surface area contributed by atoms with Crippen molar-refractivity contribution >= 4 is 22.8 Å². The number of pyridine rings is 1. The first-order valence-corrected chi connectivity index (χ1v) is 9.73. The molecule has 2 unspecified atom stereocenters. The standard InChI is InChI=1S/C22H26N2O3/c1-22(2,3)27-21(26)24-16-9-10-17(24)13-15(12-16)20(25)18-8-4-6-14-7-5-11-23-19(14)18/h4-8,11,15-17H,9-10,12-13H2,1-3H3. The second-order valence-electron chi connectivity index (χ2n) is 8.69. The van der Waals surface area contributed by atoms with Crippen LogP contribution in [0.25, 0.3) is 10.9 Å². The fraction of sp³-hybridized carbons (Fsp3) is 0.500. The van der Waals surface area contributed by atoms with Crippen molar-refractivity contribution in [1.29, 1.82) is 0 Å². The number of amides is 1. The maximum absolute atomic E-state index is 13.3. The van der Waals surface area contributed by atoms with E-state index in [1.165, 1.54) is 0 Å². The Hall–Kier alpha value is -2.43. The van der Waals surface area contributed by atoms with Crippen LogP contribution in [0.5, 0.6) is 0 Å². The van der Waals surface area contributed by atoms with Crippen LogP contribution in [0, 0.1) is 5.92 Å². The molecule has 2 fully saturated rings. The van der Waals surface area contributed by atoms with E-state index in [1.807, 2.05) is 56.0 Å². The predicted molar refractivity (Wildman–Crippen MR) is 104 cm³/mol. The van der Waals surface area contributed by atoms with Crippen molar-refractivity contribution in [3.63, 3.8) is 0 Å². The van der Waals surface area contributed by atoms with Gasteiger partial charge in [-0.25, -0.2) is 4.79 Å². The van der Waals surface area contributed by atoms with Gasteiger partial charge in [0.2, 0.25) is 0 Å². The van der Waals surface area contributed by atoms with Gasteiger partial charge in [-0.3, -0.25) is 9.78 Å². The van der Waals surface area contributed by atoms with Crippen LogP contribution < -0.4 is 0 Å². The summed E-state index contributed by atoms with van der Waals surface area (Å²) in [6.45, 7) is 5.66. The van der Waals surface area contributed by atoms with Gasteiger partial charge in [-0.2, -0.15) is 0 Å². The molecule has 0 saturated carbocycles. The number of piperidine rings is 1. The Labute approximate surface area is 159 Å². The molecule has 142 valence electrons. The second-order valence-corrected chi connectivity index (χ2v) is 8.69. The predicted octanol–water partition coefficient (Wildman–Crippen LogP) is 4.60. The number of benzene rings is 1. The van der Waals surface area contributed by atoms with E-state index in [0.29, 0.717) is 18.4 Å². The number of hydrogen-bond acceptors (Lipinski definition) is 4. The Bertz CT molecular complexity index is 867. The van der Waals surface area contributed by atoms with Crippen molar-refractivity contribution < 1.29 is 14.3 Å². The molecule has 1 aromatic heterocycles. The number of aromatic nitrogens is 1. The third kappa shape index (κ3) is 3.43. The topological polar surface area (TPSA) is 59.5 Å². The van der Waals surface area contributed by atoms with E-state index in [9.17, 15) is 9.59 Å². The fourth-order valence-corrected chi connectivity index (χ4v) is 4.53. The van der Waals surface area contributed by atoms with E-state index < -0.39 is 5.60 Å². The third-order valence-electron chi connectivity index (χ3n) is 5.61. The van der Waals surface area contributed by atoms with Crippen LogP contribution in [0.15, 0.2) is 36.5 Å². The Morgan fingerprint density at radius 2 is 1.74 bits per heavy atom. The molecule has 4 rings (SSSR count). The summed E-state index contributed by atoms with van der Waals surface area (Å²) in [5.74, 6) is 0.0915. The molecule has 0 radical (unpaired) electrons. The molecule has 2 aliphatic heterocycles. The van der Waals surface area contributed by atoms with E-state index in [4.69, 9.17) is 4.74 Å². The van der Waals surface area contributed by atoms with Crippen molar-refractivity contribution in [3.8, 4) is 0 Å². The summed E-state index contributed by atoms with van der Waals surface area (Å²) in [5.41, 5.74) is 0.966. The van der Waals surface area contributed by atoms with Gasteiger partial charge in [0, 0.05) is 35.1 Å². The maximum atomic E-state index is 13.3. The summed E-state index contributed by atoms with van der Waals surface area (Å²) < 4.78 is 5.59. The van der Waals surface area contributed by atoms with Crippen molar-refractivity contribution in [3.05, 3.63) is 42.1 Å². The molecule has 2 atom stereocenters. The Morgan fingerprint density at radius 1 is 1.07 bits per heavy atom. The van der Waals surface area contributed by atoms with Gasteiger partial charge in [0.25, 0.3) is 0 Å². The molecule has 2 saturated heterocycles. The number of Topliss-reactive ketones (excluding diaryl/α,β-unsaturated/α-hetero) is 1. The van der Waals surface area contributed by atoms with Gasteiger partial charge < -0.3 is 9.64 Å². The minimum Gasteiger partial charge on any atom is -0.444 e. The normalized spacial score (nSPS) is 24.9. The van der Waals surface area contributed by atoms with Gasteiger partial charge in [-0.1, -0.05) is 18.2 Å². The monoisotopic (exact) mass is 366 g/mol. The minimum absolute atomic E-state index is 0.0613. The van der Waals surface area contributed by atoms with Gasteiger partial charge in [0.05, 0.1) is 5.52 Å². The lowest BCUT2D eigenvalue weighted by Crippen LogP contribution is -2.49. The van der Waals surface area contributed by atoms with E-state index in [2.05, 4.69) is 4.98 Å². The van der Waals surface area contributed by atoms with Gasteiger partial charge in [0.15, 0.2) is 5.78 Å². The van der Waals surface area contributed by atoms with Crippen LogP contribution in [0.4, 0.5) is 4.79 Å². The zero-order valence-electron chi connectivity index (χ0n) is 16.1. The van der Waals surface area contributed by atoms with E-state index in [1.54, 1.807) is 6.20 Å². The number of nitrogens with zero attached hydrogens (tertiary/aromatic N) is 2. The summed E-state index contributed by atoms with van der Waals surface area (Å²) in [4.78, 5) is 32.2. The molecule has 1 aromatic carbocycles. The fourth-order valence-electron chi connectivity index (χ4n) is 4.53. The zero-order chi connectivity index (χ0) is 19.2. The number of carbonyl (C=O) groups is 2. The highest BCUT2D eigenvalue weighted by Crippen LogP contribution is 2.41. The summed E-state index contributed by atoms with van der Waals surface area (Å²) >= 11 is 0. The van der Waals surface area contributed by atoms with Crippen LogP contribution in [0.1, 0.15) is 56.8 Å². The lowest BCUT2D eigenvalue weighted by Gasteiger charge is -2.39. The van der Waals surface area contributed by atoms with Crippen LogP contribution in [0.3, 0.4) is 0 Å². The van der Waals surface area contributed by atoms with E-state index in [-0.39, 0.29) is 29.9 Å². The van der Waals surface area contributed by atoms with Gasteiger partial charge >= 0.3 is 6.09 Å². The molecule has 0 N–H and O–H groups in total. The lowest BCUT2D eigenvalue weighted by atomic mass is 9.84. The number of para-hydroxylation sites is 1. The zero-order valence-corrected chi connectivity index (χ0v) is 16.1. The molecule has 2 bridgehead atoms. The number of carbonyl (C=O) groups excluding carboxylic acids is 2. The van der Waals surface area contributed by atoms with Crippen molar-refractivity contribution in [2.24, 2.45) is 5.92 Å². The molecule has 2 aliphatic rings. The highest BCUT2D eigenvalue weighted by Gasteiger charge is 2.46. The number of hydrogen-bond donors (Lipinski definition) is 0. The maximum Gasteiger partial charge on any atom is 0.410 e. The Morgan fingerprint density at radius 3 is 2.41 bits per heavy atom. The molecule has 3 heterocycles. The van der Waals surface area contributed by atoms with E-state index in [0.717, 1.165) is 23.7 Å². The number of rotatable bonds is 2. The quantitative estimate of drug-likeness (QED) is 0.729. The van der Waals surface area contributed by atoms with Gasteiger partial charge in [-0.05, 0) is 58.6 Å². The molecular weight excluding hydrogens is 340 g/mol. The molecule has 0 aliphatic carbocycles. The number of ether oxygens (including phenoxy) is 1. The van der Waals surface area contributed by atoms with Crippen molar-refractivity contribution in [2.45, 2.75) is 64.1 Å². The average Bonchev–Trinajstić information content (AvgIpc) is 2.89. The van der Waals surface area contributed by atoms with Crippen molar-refractivity contribution in [1.82, 2.24) is 9.88 Å². The second kappa shape index (κ2) is 6.63. The van der Waals surface area contributed by atoms with Gasteiger partial charge in [-0.15, -0.1) is 0 Å². The first kappa shape index (κ1) is 18.0. The summed E-state index contributed by atoms with van der Waals surface area (Å²) in [6, 6.07) is 9.82. The molecule has 27 heavy (non-hydrogen) atoms. The molecular formula is C22H26N2O3. The lowest BCUT2D eigenvalue weighted by molar-refractivity contribution is 0.00255. The van der Waals surface area contributed by atoms with Gasteiger partial charge in [0.1, 0.15) is 5.60 Å². The number of fused-ring (bicyclic) bond motifs is 3. The Balaban J connectivity index is 1.54. The van der Waals surface area contributed by atoms with Crippen molar-refractivity contribution in [2.75, 3.05) is 0 Å².